The van der Waals surface area contributed by atoms with E-state index in [0.29, 0.717) is 12.4 Å². The van der Waals surface area contributed by atoms with Gasteiger partial charge in [-0.2, -0.15) is 11.8 Å². The summed E-state index contributed by atoms with van der Waals surface area (Å²) in [4.78, 5) is 14.6. The molecule has 0 saturated carbocycles. The van der Waals surface area contributed by atoms with Gasteiger partial charge >= 0.3 is 0 Å². The van der Waals surface area contributed by atoms with Gasteiger partial charge in [-0.1, -0.05) is 0 Å². The molecule has 0 amide bonds. The molecule has 0 radical (unpaired) electrons. The van der Waals surface area contributed by atoms with Crippen LogP contribution in [-0.4, -0.2) is 54.2 Å². The molecule has 1 aliphatic heterocycles. The largest absolute Gasteiger partial charge is 0.464 e. The first-order valence-electron chi connectivity index (χ1n) is 8.69. The van der Waals surface area contributed by atoms with Crippen LogP contribution in [0.2, 0.25) is 0 Å². The predicted molar refractivity (Wildman–Crippen MR) is 101 cm³/mol. The van der Waals surface area contributed by atoms with E-state index in [4.69, 9.17) is 4.42 Å². The average molecular weight is 369 g/mol. The van der Waals surface area contributed by atoms with Crippen molar-refractivity contribution in [3.8, 4) is 0 Å². The number of nitro groups is 1. The third kappa shape index (κ3) is 7.39. The minimum absolute atomic E-state index is 0.376. The molecule has 0 aliphatic carbocycles. The summed E-state index contributed by atoms with van der Waals surface area (Å²) < 4.78 is 5.78. The molecular weight excluding hydrogens is 340 g/mol. The Morgan fingerprint density at radius 1 is 1.36 bits per heavy atom. The first-order chi connectivity index (χ1) is 12.0. The molecule has 2 heterocycles. The Bertz CT molecular complexity index is 568. The van der Waals surface area contributed by atoms with E-state index in [1.54, 1.807) is 11.8 Å². The lowest BCUT2D eigenvalue weighted by atomic mass is 10.1. The maximum atomic E-state index is 10.8. The monoisotopic (exact) mass is 368 g/mol. The highest BCUT2D eigenvalue weighted by molar-refractivity contribution is 7.98. The zero-order valence-corrected chi connectivity index (χ0v) is 15.9. The van der Waals surface area contributed by atoms with Crippen LogP contribution in [0.25, 0.3) is 0 Å². The Morgan fingerprint density at radius 2 is 2.08 bits per heavy atom. The molecule has 140 valence electrons. The molecule has 1 aromatic rings. The van der Waals surface area contributed by atoms with Crippen molar-refractivity contribution in [1.82, 2.24) is 15.1 Å². The van der Waals surface area contributed by atoms with Gasteiger partial charge in [0.15, 0.2) is 5.82 Å². The Hall–Kier alpha value is -1.67. The minimum atomic E-state index is -0.376. The topological polar surface area (TPSA) is 74.8 Å². The van der Waals surface area contributed by atoms with Gasteiger partial charge in [-0.05, 0) is 45.5 Å². The standard InChI is InChI=1S/C17H28N4O3S/c1-19(2)12-15-6-7-16(24-15)14-25-11-8-18-17(13-21(22)23)20-9-4-3-5-10-20/h6-7,13,18H,3-5,8-12,14H2,1-2H3. The maximum Gasteiger partial charge on any atom is 0.274 e. The van der Waals surface area contributed by atoms with Crippen LogP contribution >= 0.6 is 11.8 Å². The highest BCUT2D eigenvalue weighted by Crippen LogP contribution is 2.17. The Labute approximate surface area is 153 Å². The Morgan fingerprint density at radius 3 is 2.76 bits per heavy atom. The summed E-state index contributed by atoms with van der Waals surface area (Å²) in [5, 5.41) is 14.1. The number of nitrogens with zero attached hydrogens (tertiary/aromatic N) is 3. The molecule has 1 fully saturated rings. The van der Waals surface area contributed by atoms with Crippen molar-refractivity contribution in [2.75, 3.05) is 39.5 Å². The highest BCUT2D eigenvalue weighted by Gasteiger charge is 2.16. The van der Waals surface area contributed by atoms with Crippen molar-refractivity contribution in [3.63, 3.8) is 0 Å². The third-order valence-corrected chi connectivity index (χ3v) is 4.89. The van der Waals surface area contributed by atoms with E-state index in [2.05, 4.69) is 15.1 Å². The Kier molecular flexibility index (Phi) is 8.14. The van der Waals surface area contributed by atoms with Crippen LogP contribution in [0, 0.1) is 10.1 Å². The summed E-state index contributed by atoms with van der Waals surface area (Å²) in [6, 6.07) is 4.04. The van der Waals surface area contributed by atoms with E-state index >= 15 is 0 Å². The average Bonchev–Trinajstić information content (AvgIpc) is 3.00. The van der Waals surface area contributed by atoms with Gasteiger partial charge in [0, 0.05) is 25.4 Å². The predicted octanol–water partition coefficient (Wildman–Crippen LogP) is 2.73. The summed E-state index contributed by atoms with van der Waals surface area (Å²) >= 11 is 1.76. The van der Waals surface area contributed by atoms with Crippen LogP contribution in [0.15, 0.2) is 28.6 Å². The lowest BCUT2D eigenvalue weighted by Crippen LogP contribution is -2.37. The van der Waals surface area contributed by atoms with Crippen LogP contribution in [0.1, 0.15) is 30.8 Å². The van der Waals surface area contributed by atoms with Crippen LogP contribution < -0.4 is 5.32 Å². The minimum Gasteiger partial charge on any atom is -0.464 e. The molecular formula is C17H28N4O3S. The molecule has 1 aliphatic rings. The van der Waals surface area contributed by atoms with Crippen LogP contribution in [0.4, 0.5) is 0 Å². The van der Waals surface area contributed by atoms with Crippen molar-refractivity contribution in [1.29, 1.82) is 0 Å². The highest BCUT2D eigenvalue weighted by atomic mass is 32.2. The number of rotatable bonds is 10. The van der Waals surface area contributed by atoms with Gasteiger partial charge in [-0.25, -0.2) is 0 Å². The van der Waals surface area contributed by atoms with Crippen molar-refractivity contribution in [2.45, 2.75) is 31.6 Å². The number of piperidine rings is 1. The smallest absolute Gasteiger partial charge is 0.274 e. The van der Waals surface area contributed by atoms with Crippen LogP contribution in [0.3, 0.4) is 0 Å². The van der Waals surface area contributed by atoms with Gasteiger partial charge in [0.2, 0.25) is 0 Å². The lowest BCUT2D eigenvalue weighted by molar-refractivity contribution is -0.404. The van der Waals surface area contributed by atoms with Crippen molar-refractivity contribution >= 4 is 11.8 Å². The fraction of sp³-hybridized carbons (Fsp3) is 0.647. The van der Waals surface area contributed by atoms with Crippen LogP contribution in [0.5, 0.6) is 0 Å². The molecule has 25 heavy (non-hydrogen) atoms. The lowest BCUT2D eigenvalue weighted by Gasteiger charge is -2.29. The molecule has 0 aromatic carbocycles. The molecule has 1 N–H and O–H groups in total. The SMILES string of the molecule is CN(C)Cc1ccc(CSCCNC(=C[N+](=O)[O-])N2CCCCC2)o1. The molecule has 1 aromatic heterocycles. The van der Waals surface area contributed by atoms with Crippen LogP contribution in [-0.2, 0) is 12.3 Å². The summed E-state index contributed by atoms with van der Waals surface area (Å²) in [6.45, 7) is 3.28. The van der Waals surface area contributed by atoms with E-state index in [1.807, 2.05) is 26.2 Å². The summed E-state index contributed by atoms with van der Waals surface area (Å²) in [7, 11) is 4.03. The van der Waals surface area contributed by atoms with Crippen molar-refractivity contribution in [3.05, 3.63) is 45.8 Å². The van der Waals surface area contributed by atoms with Gasteiger partial charge in [0.25, 0.3) is 6.20 Å². The summed E-state index contributed by atoms with van der Waals surface area (Å²) in [5.41, 5.74) is 0. The number of nitrogens with one attached hydrogen (secondary N) is 1. The second kappa shape index (κ2) is 10.4. The quantitative estimate of drug-likeness (QED) is 0.387. The van der Waals surface area contributed by atoms with Gasteiger partial charge in [0.05, 0.1) is 17.2 Å². The number of hydrogen-bond acceptors (Lipinski definition) is 7. The van der Waals surface area contributed by atoms with E-state index < -0.39 is 0 Å². The summed E-state index contributed by atoms with van der Waals surface area (Å²) in [5.74, 6) is 4.26. The molecule has 0 spiro atoms. The van der Waals surface area contributed by atoms with Gasteiger partial charge in [0.1, 0.15) is 11.5 Å². The molecule has 2 rings (SSSR count). The first-order valence-corrected chi connectivity index (χ1v) is 9.84. The third-order valence-electron chi connectivity index (χ3n) is 3.91. The van der Waals surface area contributed by atoms with Gasteiger partial charge < -0.3 is 19.5 Å². The van der Waals surface area contributed by atoms with E-state index in [0.717, 1.165) is 61.7 Å². The second-order valence-electron chi connectivity index (χ2n) is 6.43. The van der Waals surface area contributed by atoms with E-state index in [9.17, 15) is 10.1 Å². The second-order valence-corrected chi connectivity index (χ2v) is 7.54. The van der Waals surface area contributed by atoms with Crippen molar-refractivity contribution in [2.24, 2.45) is 0 Å². The maximum absolute atomic E-state index is 10.8. The molecule has 7 nitrogen and oxygen atoms in total. The molecule has 0 bridgehead atoms. The fourth-order valence-corrected chi connectivity index (χ4v) is 3.54. The van der Waals surface area contributed by atoms with E-state index in [1.165, 1.54) is 6.42 Å². The number of thioether (sulfide) groups is 1. The number of likely N-dealkylation sites (tertiary alicyclic amines) is 1. The summed E-state index contributed by atoms with van der Waals surface area (Å²) in [6.07, 6.45) is 4.49. The number of furan rings is 1. The van der Waals surface area contributed by atoms with Gasteiger partial charge in [-0.3, -0.25) is 10.1 Å². The fourth-order valence-electron chi connectivity index (χ4n) is 2.79. The first kappa shape index (κ1) is 19.7. The normalized spacial score (nSPS) is 15.6. The van der Waals surface area contributed by atoms with Gasteiger partial charge in [-0.15, -0.1) is 0 Å². The number of hydrogen-bond donors (Lipinski definition) is 1. The van der Waals surface area contributed by atoms with E-state index in [-0.39, 0.29) is 4.92 Å². The van der Waals surface area contributed by atoms with Crippen molar-refractivity contribution < 1.29 is 9.34 Å². The zero-order chi connectivity index (χ0) is 18.1. The Balaban J connectivity index is 1.71. The molecule has 1 saturated heterocycles. The zero-order valence-electron chi connectivity index (χ0n) is 15.1. The molecule has 0 atom stereocenters. The molecule has 8 heteroatoms. The molecule has 0 unspecified atom stereocenters.